The summed E-state index contributed by atoms with van der Waals surface area (Å²) in [7, 11) is 0. The lowest BCUT2D eigenvalue weighted by molar-refractivity contribution is 0.0370. The Morgan fingerprint density at radius 3 is 2.78 bits per heavy atom. The van der Waals surface area contributed by atoms with E-state index in [0.717, 1.165) is 32.8 Å². The van der Waals surface area contributed by atoms with Gasteiger partial charge in [0, 0.05) is 31.6 Å². The lowest BCUT2D eigenvalue weighted by Crippen LogP contribution is -2.37. The number of hydrogen-bond acceptors (Lipinski definition) is 3. The topological polar surface area (TPSA) is 29.5 Å². The first-order valence-electron chi connectivity index (χ1n) is 6.26. The van der Waals surface area contributed by atoms with Crippen molar-refractivity contribution >= 4 is 5.78 Å². The zero-order chi connectivity index (χ0) is 13.0. The third-order valence-electron chi connectivity index (χ3n) is 3.25. The van der Waals surface area contributed by atoms with Gasteiger partial charge in [-0.1, -0.05) is 12.1 Å². The van der Waals surface area contributed by atoms with Gasteiger partial charge in [-0.3, -0.25) is 9.69 Å². The van der Waals surface area contributed by atoms with Crippen molar-refractivity contribution in [1.29, 1.82) is 0 Å². The van der Waals surface area contributed by atoms with Crippen molar-refractivity contribution in [3.63, 3.8) is 0 Å². The van der Waals surface area contributed by atoms with Gasteiger partial charge in [0.2, 0.25) is 0 Å². The van der Waals surface area contributed by atoms with Crippen molar-refractivity contribution in [3.05, 3.63) is 35.1 Å². The molecule has 1 fully saturated rings. The Morgan fingerprint density at radius 1 is 1.39 bits per heavy atom. The predicted octanol–water partition coefficient (Wildman–Crippen LogP) is 2.04. The summed E-state index contributed by atoms with van der Waals surface area (Å²) < 4.78 is 18.6. The highest BCUT2D eigenvalue weighted by molar-refractivity contribution is 5.96. The summed E-state index contributed by atoms with van der Waals surface area (Å²) in [5.41, 5.74) is 1.03. The van der Waals surface area contributed by atoms with Gasteiger partial charge in [-0.05, 0) is 18.6 Å². The Balaban J connectivity index is 1.88. The van der Waals surface area contributed by atoms with Crippen molar-refractivity contribution in [3.8, 4) is 0 Å². The van der Waals surface area contributed by atoms with Crippen LogP contribution in [-0.2, 0) is 4.74 Å². The monoisotopic (exact) mass is 251 g/mol. The van der Waals surface area contributed by atoms with Crippen LogP contribution in [-0.4, -0.2) is 43.5 Å². The quantitative estimate of drug-likeness (QED) is 0.767. The highest BCUT2D eigenvalue weighted by atomic mass is 19.1. The van der Waals surface area contributed by atoms with Crippen molar-refractivity contribution in [1.82, 2.24) is 4.90 Å². The molecule has 3 nitrogen and oxygen atoms in total. The molecule has 1 saturated heterocycles. The Morgan fingerprint density at radius 2 is 2.11 bits per heavy atom. The first-order valence-corrected chi connectivity index (χ1v) is 6.26. The molecule has 0 aromatic heterocycles. The molecule has 0 atom stereocenters. The van der Waals surface area contributed by atoms with Crippen molar-refractivity contribution in [2.24, 2.45) is 0 Å². The summed E-state index contributed by atoms with van der Waals surface area (Å²) in [5.74, 6) is -0.312. The van der Waals surface area contributed by atoms with Gasteiger partial charge in [0.05, 0.1) is 13.2 Å². The molecule has 0 amide bonds. The Bertz CT molecular complexity index is 428. The van der Waals surface area contributed by atoms with E-state index in [1.54, 1.807) is 19.1 Å². The average Bonchev–Trinajstić information content (AvgIpc) is 2.40. The first-order chi connectivity index (χ1) is 8.66. The van der Waals surface area contributed by atoms with E-state index in [2.05, 4.69) is 4.90 Å². The number of rotatable bonds is 4. The van der Waals surface area contributed by atoms with Crippen LogP contribution in [0.3, 0.4) is 0 Å². The first kappa shape index (κ1) is 13.2. The molecule has 1 aliphatic rings. The fourth-order valence-electron chi connectivity index (χ4n) is 2.00. The Hall–Kier alpha value is -1.26. The smallest absolute Gasteiger partial charge is 0.164 e. The van der Waals surface area contributed by atoms with Crippen LogP contribution in [0.15, 0.2) is 18.2 Å². The second-order valence-electron chi connectivity index (χ2n) is 4.59. The normalized spacial score (nSPS) is 16.8. The summed E-state index contributed by atoms with van der Waals surface area (Å²) in [5, 5.41) is 0. The Labute approximate surface area is 107 Å². The summed E-state index contributed by atoms with van der Waals surface area (Å²) in [6.07, 6.45) is 0.433. The number of hydrogen-bond donors (Lipinski definition) is 0. The van der Waals surface area contributed by atoms with Crippen LogP contribution >= 0.6 is 0 Å². The maximum absolute atomic E-state index is 13.4. The third-order valence-corrected chi connectivity index (χ3v) is 3.25. The lowest BCUT2D eigenvalue weighted by atomic mass is 10.1. The molecule has 18 heavy (non-hydrogen) atoms. The number of halogens is 1. The van der Waals surface area contributed by atoms with Gasteiger partial charge in [0.1, 0.15) is 5.82 Å². The number of nitrogens with zero attached hydrogens (tertiary/aromatic N) is 1. The molecular weight excluding hydrogens is 233 g/mol. The van der Waals surface area contributed by atoms with E-state index in [0.29, 0.717) is 17.5 Å². The molecule has 0 bridgehead atoms. The van der Waals surface area contributed by atoms with E-state index in [1.807, 2.05) is 0 Å². The second kappa shape index (κ2) is 6.07. The molecule has 1 aromatic rings. The highest BCUT2D eigenvalue weighted by Crippen LogP contribution is 2.11. The van der Waals surface area contributed by atoms with Gasteiger partial charge >= 0.3 is 0 Å². The fourth-order valence-corrected chi connectivity index (χ4v) is 2.00. The molecular formula is C14H18FNO2. The molecule has 1 heterocycles. The molecule has 0 aliphatic carbocycles. The number of aryl methyl sites for hydroxylation is 1. The molecule has 98 valence electrons. The average molecular weight is 251 g/mol. The number of Topliss-reactive ketones (excluding diaryl/α,β-unsaturated/α-hetero) is 1. The number of morpholine rings is 1. The SMILES string of the molecule is Cc1ccc(C(=O)CCN2CCOCC2)cc1F. The van der Waals surface area contributed by atoms with E-state index < -0.39 is 0 Å². The zero-order valence-corrected chi connectivity index (χ0v) is 10.6. The zero-order valence-electron chi connectivity index (χ0n) is 10.6. The molecule has 0 spiro atoms. The largest absolute Gasteiger partial charge is 0.379 e. The number of ketones is 1. The van der Waals surface area contributed by atoms with Crippen LogP contribution in [0.2, 0.25) is 0 Å². The molecule has 0 radical (unpaired) electrons. The predicted molar refractivity (Wildman–Crippen MR) is 67.3 cm³/mol. The number of carbonyl (C=O) groups excluding carboxylic acids is 1. The summed E-state index contributed by atoms with van der Waals surface area (Å²) in [4.78, 5) is 14.1. The molecule has 1 aliphatic heterocycles. The van der Waals surface area contributed by atoms with Crippen LogP contribution in [0.1, 0.15) is 22.3 Å². The lowest BCUT2D eigenvalue weighted by Gasteiger charge is -2.26. The van der Waals surface area contributed by atoms with E-state index in [1.165, 1.54) is 6.07 Å². The van der Waals surface area contributed by atoms with Crippen molar-refractivity contribution in [2.45, 2.75) is 13.3 Å². The standard InChI is InChI=1S/C14H18FNO2/c1-11-2-3-12(10-13(11)15)14(17)4-5-16-6-8-18-9-7-16/h2-3,10H,4-9H2,1H3. The van der Waals surface area contributed by atoms with Crippen LogP contribution in [0.5, 0.6) is 0 Å². The molecule has 0 saturated carbocycles. The molecule has 0 unspecified atom stereocenters. The number of carbonyl (C=O) groups is 1. The minimum Gasteiger partial charge on any atom is -0.379 e. The minimum atomic E-state index is -0.313. The molecule has 2 rings (SSSR count). The maximum Gasteiger partial charge on any atom is 0.164 e. The van der Waals surface area contributed by atoms with Gasteiger partial charge in [-0.15, -0.1) is 0 Å². The number of benzene rings is 1. The maximum atomic E-state index is 13.4. The van der Waals surface area contributed by atoms with Crippen LogP contribution in [0.25, 0.3) is 0 Å². The summed E-state index contributed by atoms with van der Waals surface area (Å²) in [6, 6.07) is 4.67. The van der Waals surface area contributed by atoms with Crippen LogP contribution < -0.4 is 0 Å². The molecule has 0 N–H and O–H groups in total. The van der Waals surface area contributed by atoms with Crippen molar-refractivity contribution < 1.29 is 13.9 Å². The van der Waals surface area contributed by atoms with Gasteiger partial charge in [-0.25, -0.2) is 4.39 Å². The van der Waals surface area contributed by atoms with E-state index >= 15 is 0 Å². The molecule has 1 aromatic carbocycles. The fraction of sp³-hybridized carbons (Fsp3) is 0.500. The van der Waals surface area contributed by atoms with E-state index in [-0.39, 0.29) is 11.6 Å². The Kier molecular flexibility index (Phi) is 4.44. The van der Waals surface area contributed by atoms with Gasteiger partial charge in [0.25, 0.3) is 0 Å². The molecule has 4 heteroatoms. The van der Waals surface area contributed by atoms with E-state index in [4.69, 9.17) is 4.74 Å². The summed E-state index contributed by atoms with van der Waals surface area (Å²) in [6.45, 7) is 5.61. The van der Waals surface area contributed by atoms with Gasteiger partial charge in [0.15, 0.2) is 5.78 Å². The minimum absolute atomic E-state index is 0.000363. The van der Waals surface area contributed by atoms with Crippen LogP contribution in [0, 0.1) is 12.7 Å². The third kappa shape index (κ3) is 3.37. The van der Waals surface area contributed by atoms with Crippen LogP contribution in [0.4, 0.5) is 4.39 Å². The highest BCUT2D eigenvalue weighted by Gasteiger charge is 2.13. The van der Waals surface area contributed by atoms with Crippen molar-refractivity contribution in [2.75, 3.05) is 32.8 Å². The van der Waals surface area contributed by atoms with E-state index in [9.17, 15) is 9.18 Å². The second-order valence-corrected chi connectivity index (χ2v) is 4.59. The van der Waals surface area contributed by atoms with Gasteiger partial charge < -0.3 is 4.74 Å². The summed E-state index contributed by atoms with van der Waals surface area (Å²) >= 11 is 0. The number of ether oxygens (including phenoxy) is 1. The van der Waals surface area contributed by atoms with Gasteiger partial charge in [-0.2, -0.15) is 0 Å².